The Labute approximate surface area is 131 Å². The number of methoxy groups -OCH3 is 1. The topological polar surface area (TPSA) is 64.4 Å². The number of halogens is 2. The highest BCUT2D eigenvalue weighted by Gasteiger charge is 2.10. The van der Waals surface area contributed by atoms with Gasteiger partial charge in [0.05, 0.1) is 17.7 Å². The quantitative estimate of drug-likeness (QED) is 0.648. The van der Waals surface area contributed by atoms with Crippen molar-refractivity contribution in [2.24, 2.45) is 0 Å². The first-order valence-corrected chi connectivity index (χ1v) is 6.77. The lowest BCUT2D eigenvalue weighted by Crippen LogP contribution is -2.02. The first kappa shape index (κ1) is 15.4. The van der Waals surface area contributed by atoms with Crippen LogP contribution in [-0.4, -0.2) is 12.0 Å². The van der Waals surface area contributed by atoms with Gasteiger partial charge in [-0.2, -0.15) is 0 Å². The summed E-state index contributed by atoms with van der Waals surface area (Å²) in [6.07, 6.45) is 0. The molecule has 0 saturated heterocycles. The molecule has 0 bridgehead atoms. The van der Waals surface area contributed by atoms with E-state index in [0.29, 0.717) is 33.6 Å². The van der Waals surface area contributed by atoms with Gasteiger partial charge in [-0.1, -0.05) is 23.2 Å². The first-order valence-electron chi connectivity index (χ1n) is 6.01. The van der Waals surface area contributed by atoms with Crippen molar-refractivity contribution in [2.75, 3.05) is 12.4 Å². The van der Waals surface area contributed by atoms with E-state index < -0.39 is 4.92 Å². The van der Waals surface area contributed by atoms with E-state index in [-0.39, 0.29) is 5.69 Å². The van der Waals surface area contributed by atoms with Crippen LogP contribution in [0.3, 0.4) is 0 Å². The molecule has 21 heavy (non-hydrogen) atoms. The van der Waals surface area contributed by atoms with E-state index in [2.05, 4.69) is 5.32 Å². The average molecular weight is 327 g/mol. The number of nitro groups is 1. The summed E-state index contributed by atoms with van der Waals surface area (Å²) in [5, 5.41) is 14.9. The summed E-state index contributed by atoms with van der Waals surface area (Å²) in [7, 11) is 1.55. The number of hydrogen-bond acceptors (Lipinski definition) is 4. The molecule has 0 aliphatic carbocycles. The molecule has 5 nitrogen and oxygen atoms in total. The van der Waals surface area contributed by atoms with Gasteiger partial charge in [-0.05, 0) is 29.8 Å². The van der Waals surface area contributed by atoms with Crippen LogP contribution in [-0.2, 0) is 6.54 Å². The van der Waals surface area contributed by atoms with Crippen LogP contribution in [0, 0.1) is 10.1 Å². The van der Waals surface area contributed by atoms with Gasteiger partial charge >= 0.3 is 0 Å². The normalized spacial score (nSPS) is 10.2. The van der Waals surface area contributed by atoms with Crippen molar-refractivity contribution < 1.29 is 9.66 Å². The third kappa shape index (κ3) is 3.77. The molecule has 0 aliphatic heterocycles. The fraction of sp³-hybridized carbons (Fsp3) is 0.143. The fourth-order valence-electron chi connectivity index (χ4n) is 1.82. The van der Waals surface area contributed by atoms with Crippen LogP contribution in [0.5, 0.6) is 5.75 Å². The zero-order valence-corrected chi connectivity index (χ0v) is 12.6. The molecule has 0 fully saturated rings. The minimum atomic E-state index is -0.459. The van der Waals surface area contributed by atoms with Gasteiger partial charge in [0.1, 0.15) is 5.75 Å². The van der Waals surface area contributed by atoms with Gasteiger partial charge in [-0.25, -0.2) is 0 Å². The standard InChI is InChI=1S/C14H12Cl2N2O3/c1-21-14-5-2-10(15)7-13(14)17-8-9-6-11(18(19)20)3-4-12(9)16/h2-7,17H,8H2,1H3. The maximum absolute atomic E-state index is 10.8. The Morgan fingerprint density at radius 2 is 2.00 bits per heavy atom. The molecule has 2 rings (SSSR count). The molecule has 1 N–H and O–H groups in total. The highest BCUT2D eigenvalue weighted by molar-refractivity contribution is 6.31. The molecular weight excluding hydrogens is 315 g/mol. The number of nitrogens with zero attached hydrogens (tertiary/aromatic N) is 1. The highest BCUT2D eigenvalue weighted by Crippen LogP contribution is 2.29. The maximum Gasteiger partial charge on any atom is 0.269 e. The lowest BCUT2D eigenvalue weighted by molar-refractivity contribution is -0.384. The van der Waals surface area contributed by atoms with Crippen LogP contribution >= 0.6 is 23.2 Å². The number of nitrogens with one attached hydrogen (secondary N) is 1. The summed E-state index contributed by atoms with van der Waals surface area (Å²) in [5.74, 6) is 0.626. The summed E-state index contributed by atoms with van der Waals surface area (Å²) in [4.78, 5) is 10.3. The molecule has 0 spiro atoms. The number of hydrogen-bond donors (Lipinski definition) is 1. The van der Waals surface area contributed by atoms with Crippen LogP contribution in [0.1, 0.15) is 5.56 Å². The Hall–Kier alpha value is -1.98. The second-order valence-electron chi connectivity index (χ2n) is 4.23. The largest absolute Gasteiger partial charge is 0.495 e. The van der Waals surface area contributed by atoms with Crippen molar-refractivity contribution in [3.05, 3.63) is 62.1 Å². The molecule has 0 radical (unpaired) electrons. The van der Waals surface area contributed by atoms with Crippen molar-refractivity contribution in [1.82, 2.24) is 0 Å². The summed E-state index contributed by atoms with van der Waals surface area (Å²) >= 11 is 12.0. The Balaban J connectivity index is 2.22. The van der Waals surface area contributed by atoms with Crippen molar-refractivity contribution in [3.63, 3.8) is 0 Å². The zero-order chi connectivity index (χ0) is 15.4. The second-order valence-corrected chi connectivity index (χ2v) is 5.07. The molecule has 0 atom stereocenters. The predicted molar refractivity (Wildman–Crippen MR) is 83.4 cm³/mol. The Morgan fingerprint density at radius 1 is 1.24 bits per heavy atom. The molecule has 7 heteroatoms. The minimum absolute atomic E-state index is 0.00532. The number of benzene rings is 2. The molecule has 0 heterocycles. The van der Waals surface area contributed by atoms with E-state index in [1.807, 2.05) is 0 Å². The predicted octanol–water partition coefficient (Wildman–Crippen LogP) is 4.52. The number of ether oxygens (including phenoxy) is 1. The minimum Gasteiger partial charge on any atom is -0.495 e. The van der Waals surface area contributed by atoms with Gasteiger partial charge in [0.25, 0.3) is 5.69 Å². The Morgan fingerprint density at radius 3 is 2.67 bits per heavy atom. The van der Waals surface area contributed by atoms with Gasteiger partial charge in [0.15, 0.2) is 0 Å². The van der Waals surface area contributed by atoms with Crippen molar-refractivity contribution in [1.29, 1.82) is 0 Å². The second kappa shape index (κ2) is 6.65. The van der Waals surface area contributed by atoms with Crippen molar-refractivity contribution >= 4 is 34.6 Å². The van der Waals surface area contributed by atoms with E-state index in [4.69, 9.17) is 27.9 Å². The SMILES string of the molecule is COc1ccc(Cl)cc1NCc1cc([N+](=O)[O-])ccc1Cl. The summed E-state index contributed by atoms with van der Waals surface area (Å²) < 4.78 is 5.22. The van der Waals surface area contributed by atoms with Gasteiger partial charge in [0.2, 0.25) is 0 Å². The number of nitro benzene ring substituents is 1. The molecule has 0 amide bonds. The molecule has 0 saturated carbocycles. The third-order valence-electron chi connectivity index (χ3n) is 2.87. The Kier molecular flexibility index (Phi) is 4.88. The van der Waals surface area contributed by atoms with Gasteiger partial charge in [0, 0.05) is 28.7 Å². The molecule has 110 valence electrons. The molecular formula is C14H12Cl2N2O3. The third-order valence-corrected chi connectivity index (χ3v) is 3.47. The van der Waals surface area contributed by atoms with E-state index >= 15 is 0 Å². The maximum atomic E-state index is 10.8. The first-order chi connectivity index (χ1) is 10.0. The summed E-state index contributed by atoms with van der Waals surface area (Å²) in [5.41, 5.74) is 1.30. The van der Waals surface area contributed by atoms with Gasteiger partial charge in [-0.3, -0.25) is 10.1 Å². The lowest BCUT2D eigenvalue weighted by atomic mass is 10.2. The number of rotatable bonds is 5. The smallest absolute Gasteiger partial charge is 0.269 e. The highest BCUT2D eigenvalue weighted by atomic mass is 35.5. The lowest BCUT2D eigenvalue weighted by Gasteiger charge is -2.12. The number of anilines is 1. The fourth-order valence-corrected chi connectivity index (χ4v) is 2.18. The monoisotopic (exact) mass is 326 g/mol. The van der Waals surface area contributed by atoms with E-state index in [1.54, 1.807) is 25.3 Å². The average Bonchev–Trinajstić information content (AvgIpc) is 2.46. The van der Waals surface area contributed by atoms with Crippen LogP contribution in [0.4, 0.5) is 11.4 Å². The molecule has 2 aromatic carbocycles. The van der Waals surface area contributed by atoms with Crippen LogP contribution in [0.15, 0.2) is 36.4 Å². The van der Waals surface area contributed by atoms with Crippen LogP contribution in [0.25, 0.3) is 0 Å². The van der Waals surface area contributed by atoms with Crippen LogP contribution in [0.2, 0.25) is 10.0 Å². The summed E-state index contributed by atoms with van der Waals surface area (Å²) in [6.45, 7) is 0.317. The molecule has 2 aromatic rings. The van der Waals surface area contributed by atoms with Crippen molar-refractivity contribution in [2.45, 2.75) is 6.54 Å². The van der Waals surface area contributed by atoms with E-state index in [1.165, 1.54) is 18.2 Å². The van der Waals surface area contributed by atoms with Gasteiger partial charge < -0.3 is 10.1 Å². The Bertz CT molecular complexity index is 677. The van der Waals surface area contributed by atoms with Crippen LogP contribution < -0.4 is 10.1 Å². The zero-order valence-electron chi connectivity index (χ0n) is 11.1. The molecule has 0 aliphatic rings. The molecule has 0 unspecified atom stereocenters. The van der Waals surface area contributed by atoms with E-state index in [0.717, 1.165) is 0 Å². The summed E-state index contributed by atoms with van der Waals surface area (Å²) in [6, 6.07) is 9.47. The number of non-ortho nitro benzene ring substituents is 1. The van der Waals surface area contributed by atoms with Gasteiger partial charge in [-0.15, -0.1) is 0 Å². The van der Waals surface area contributed by atoms with Crippen molar-refractivity contribution in [3.8, 4) is 5.75 Å². The van der Waals surface area contributed by atoms with E-state index in [9.17, 15) is 10.1 Å². The molecule has 0 aromatic heterocycles.